The Morgan fingerprint density at radius 1 is 1.32 bits per heavy atom. The molecule has 118 valence electrons. The highest BCUT2D eigenvalue weighted by Crippen LogP contribution is 2.28. The Hall–Kier alpha value is -1.37. The van der Waals surface area contributed by atoms with Gasteiger partial charge in [-0.3, -0.25) is 0 Å². The molecule has 1 N–H and O–H groups in total. The third-order valence-electron chi connectivity index (χ3n) is 3.96. The number of sulfonamides is 1. The van der Waals surface area contributed by atoms with Gasteiger partial charge >= 0.3 is 0 Å². The Labute approximate surface area is 135 Å². The fourth-order valence-electron chi connectivity index (χ4n) is 2.75. The third-order valence-corrected chi connectivity index (χ3v) is 6.36. The van der Waals surface area contributed by atoms with Gasteiger partial charge in [0, 0.05) is 30.7 Å². The van der Waals surface area contributed by atoms with Gasteiger partial charge in [-0.05, 0) is 48.4 Å². The van der Waals surface area contributed by atoms with Crippen LogP contribution in [0.4, 0.5) is 5.69 Å². The zero-order valence-corrected chi connectivity index (χ0v) is 14.2. The highest BCUT2D eigenvalue weighted by Gasteiger charge is 2.19. The number of aryl methyl sites for hydroxylation is 1. The maximum atomic E-state index is 12.4. The smallest absolute Gasteiger partial charge is 0.240 e. The molecule has 3 rings (SSSR count). The molecule has 0 saturated carbocycles. The van der Waals surface area contributed by atoms with Crippen LogP contribution >= 0.6 is 11.3 Å². The Morgan fingerprint density at radius 3 is 2.95 bits per heavy atom. The van der Waals surface area contributed by atoms with Gasteiger partial charge in [-0.25, -0.2) is 13.1 Å². The molecule has 2 heterocycles. The van der Waals surface area contributed by atoms with Crippen LogP contribution in [0.2, 0.25) is 0 Å². The molecule has 1 aromatic carbocycles. The molecule has 0 radical (unpaired) electrons. The van der Waals surface area contributed by atoms with Crippen LogP contribution in [0.3, 0.4) is 0 Å². The first-order valence-electron chi connectivity index (χ1n) is 7.42. The van der Waals surface area contributed by atoms with Gasteiger partial charge in [-0.1, -0.05) is 12.1 Å². The summed E-state index contributed by atoms with van der Waals surface area (Å²) in [5.41, 5.74) is 2.26. The first-order chi connectivity index (χ1) is 10.6. The lowest BCUT2D eigenvalue weighted by atomic mass is 10.0. The number of rotatable bonds is 5. The molecule has 0 amide bonds. The van der Waals surface area contributed by atoms with Crippen LogP contribution in [-0.2, 0) is 22.9 Å². The van der Waals surface area contributed by atoms with Gasteiger partial charge < -0.3 is 4.90 Å². The molecule has 0 spiro atoms. The average Bonchev–Trinajstić information content (AvgIpc) is 3.00. The fourth-order valence-corrected chi connectivity index (χ4v) is 4.51. The van der Waals surface area contributed by atoms with Crippen molar-refractivity contribution in [2.24, 2.45) is 0 Å². The number of nitrogens with zero attached hydrogens (tertiary/aromatic N) is 1. The van der Waals surface area contributed by atoms with Gasteiger partial charge in [-0.15, -0.1) is 11.3 Å². The van der Waals surface area contributed by atoms with Crippen LogP contribution in [-0.4, -0.2) is 28.6 Å². The number of hydrogen-bond acceptors (Lipinski definition) is 4. The lowest BCUT2D eigenvalue weighted by Crippen LogP contribution is -2.28. The summed E-state index contributed by atoms with van der Waals surface area (Å²) >= 11 is 1.65. The van der Waals surface area contributed by atoms with E-state index < -0.39 is 10.0 Å². The van der Waals surface area contributed by atoms with Crippen molar-refractivity contribution in [3.8, 4) is 0 Å². The van der Waals surface area contributed by atoms with Crippen molar-refractivity contribution in [2.45, 2.75) is 24.2 Å². The molecule has 0 saturated heterocycles. The summed E-state index contributed by atoms with van der Waals surface area (Å²) in [7, 11) is -1.43. The molecule has 0 bridgehead atoms. The zero-order valence-electron chi connectivity index (χ0n) is 12.6. The summed E-state index contributed by atoms with van der Waals surface area (Å²) in [4.78, 5) is 3.67. The van der Waals surface area contributed by atoms with Crippen molar-refractivity contribution in [1.29, 1.82) is 0 Å². The van der Waals surface area contributed by atoms with Gasteiger partial charge in [0.25, 0.3) is 0 Å². The minimum absolute atomic E-state index is 0.353. The normalized spacial score (nSPS) is 14.9. The van der Waals surface area contributed by atoms with E-state index in [1.54, 1.807) is 23.5 Å². The average molecular weight is 336 g/mol. The Morgan fingerprint density at radius 2 is 2.18 bits per heavy atom. The molecule has 2 aromatic rings. The van der Waals surface area contributed by atoms with Crippen LogP contribution in [0.25, 0.3) is 0 Å². The molecule has 4 nitrogen and oxygen atoms in total. The number of hydrogen-bond donors (Lipinski definition) is 1. The van der Waals surface area contributed by atoms with Gasteiger partial charge in [0.05, 0.1) is 4.90 Å². The van der Waals surface area contributed by atoms with E-state index in [-0.39, 0.29) is 0 Å². The Balaban J connectivity index is 1.73. The van der Waals surface area contributed by atoms with Gasteiger partial charge in [0.2, 0.25) is 10.0 Å². The lowest BCUT2D eigenvalue weighted by Gasteiger charge is -2.27. The molecular weight excluding hydrogens is 316 g/mol. The van der Waals surface area contributed by atoms with Crippen molar-refractivity contribution < 1.29 is 8.42 Å². The van der Waals surface area contributed by atoms with Crippen molar-refractivity contribution in [1.82, 2.24) is 4.72 Å². The number of fused-ring (bicyclic) bond motifs is 1. The first kappa shape index (κ1) is 15.5. The van der Waals surface area contributed by atoms with E-state index in [2.05, 4.69) is 9.62 Å². The van der Waals surface area contributed by atoms with Crippen LogP contribution in [0.5, 0.6) is 0 Å². The second-order valence-electron chi connectivity index (χ2n) is 5.54. The standard InChI is InChI=1S/C16H20N2O2S2/c1-18-10-2-4-13-6-7-15(12-16(13)18)22(19,20)17-9-8-14-5-3-11-21-14/h3,5-7,11-12,17H,2,4,8-10H2,1H3. The molecule has 0 atom stereocenters. The first-order valence-corrected chi connectivity index (χ1v) is 9.79. The summed E-state index contributed by atoms with van der Waals surface area (Å²) in [6.07, 6.45) is 2.86. The number of benzene rings is 1. The van der Waals surface area contributed by atoms with Gasteiger partial charge in [0.1, 0.15) is 0 Å². The van der Waals surface area contributed by atoms with E-state index in [9.17, 15) is 8.42 Å². The van der Waals surface area contributed by atoms with E-state index in [0.717, 1.165) is 31.5 Å². The highest BCUT2D eigenvalue weighted by atomic mass is 32.2. The van der Waals surface area contributed by atoms with Gasteiger partial charge in [0.15, 0.2) is 0 Å². The molecule has 1 aliphatic heterocycles. The monoisotopic (exact) mass is 336 g/mol. The van der Waals surface area contributed by atoms with E-state index in [4.69, 9.17) is 0 Å². The largest absolute Gasteiger partial charge is 0.374 e. The summed E-state index contributed by atoms with van der Waals surface area (Å²) in [6.45, 7) is 1.40. The molecule has 0 aliphatic carbocycles. The van der Waals surface area contributed by atoms with Crippen molar-refractivity contribution in [3.63, 3.8) is 0 Å². The summed E-state index contributed by atoms with van der Waals surface area (Å²) in [6, 6.07) is 9.45. The molecule has 0 unspecified atom stereocenters. The minimum Gasteiger partial charge on any atom is -0.374 e. The molecular formula is C16H20N2O2S2. The quantitative estimate of drug-likeness (QED) is 0.913. The Bertz CT molecular complexity index is 740. The van der Waals surface area contributed by atoms with Crippen molar-refractivity contribution >= 4 is 27.0 Å². The zero-order chi connectivity index (χ0) is 15.6. The second-order valence-corrected chi connectivity index (χ2v) is 8.34. The van der Waals surface area contributed by atoms with Gasteiger partial charge in [-0.2, -0.15) is 0 Å². The number of anilines is 1. The Kier molecular flexibility index (Phi) is 4.52. The van der Waals surface area contributed by atoms with E-state index in [1.165, 1.54) is 10.4 Å². The predicted molar refractivity (Wildman–Crippen MR) is 91.2 cm³/mol. The van der Waals surface area contributed by atoms with Crippen LogP contribution in [0.15, 0.2) is 40.6 Å². The van der Waals surface area contributed by atoms with E-state index in [0.29, 0.717) is 11.4 Å². The molecule has 6 heteroatoms. The molecule has 1 aliphatic rings. The SMILES string of the molecule is CN1CCCc2ccc(S(=O)(=O)NCCc3cccs3)cc21. The number of nitrogens with one attached hydrogen (secondary N) is 1. The maximum absolute atomic E-state index is 12.4. The second kappa shape index (κ2) is 6.40. The predicted octanol–water partition coefficient (Wildman–Crippen LogP) is 2.65. The van der Waals surface area contributed by atoms with Crippen LogP contribution in [0, 0.1) is 0 Å². The summed E-state index contributed by atoms with van der Waals surface area (Å²) in [5, 5.41) is 2.00. The third kappa shape index (κ3) is 3.34. The molecule has 0 fully saturated rings. The molecule has 1 aromatic heterocycles. The van der Waals surface area contributed by atoms with Crippen molar-refractivity contribution in [2.75, 3.05) is 25.0 Å². The number of thiophene rings is 1. The van der Waals surface area contributed by atoms with Crippen molar-refractivity contribution in [3.05, 3.63) is 46.2 Å². The summed E-state index contributed by atoms with van der Waals surface area (Å²) < 4.78 is 27.5. The lowest BCUT2D eigenvalue weighted by molar-refractivity contribution is 0.581. The minimum atomic E-state index is -3.44. The summed E-state index contributed by atoms with van der Waals surface area (Å²) in [5.74, 6) is 0. The van der Waals surface area contributed by atoms with Crippen LogP contribution in [0.1, 0.15) is 16.9 Å². The van der Waals surface area contributed by atoms with E-state index >= 15 is 0 Å². The topological polar surface area (TPSA) is 49.4 Å². The highest BCUT2D eigenvalue weighted by molar-refractivity contribution is 7.89. The van der Waals surface area contributed by atoms with E-state index in [1.807, 2.05) is 30.6 Å². The van der Waals surface area contributed by atoms with Crippen LogP contribution < -0.4 is 9.62 Å². The maximum Gasteiger partial charge on any atom is 0.240 e. The fraction of sp³-hybridized carbons (Fsp3) is 0.375. The molecule has 22 heavy (non-hydrogen) atoms.